The number of furan rings is 2. The maximum absolute atomic E-state index is 7.69. The highest BCUT2D eigenvalue weighted by molar-refractivity contribution is 6.29. The van der Waals surface area contributed by atoms with E-state index in [1.807, 2.05) is 60.7 Å². The molecule has 0 fully saturated rings. The largest absolute Gasteiger partial charge is 0.456 e. The summed E-state index contributed by atoms with van der Waals surface area (Å²) in [6, 6.07) is 52.0. The molecular weight excluding hydrogens is 627 g/mol. The molecule has 0 amide bonds. The van der Waals surface area contributed by atoms with Crippen molar-refractivity contribution in [2.75, 3.05) is 0 Å². The van der Waals surface area contributed by atoms with Gasteiger partial charge in [-0.15, -0.1) is 0 Å². The Morgan fingerprint density at radius 2 is 1.18 bits per heavy atom. The van der Waals surface area contributed by atoms with Gasteiger partial charge in [-0.3, -0.25) is 0 Å². The number of fused-ring (bicyclic) bond motifs is 12. The molecule has 0 saturated carbocycles. The van der Waals surface area contributed by atoms with Crippen molar-refractivity contribution < 1.29 is 8.83 Å². The molecule has 0 N–H and O–H groups in total. The fourth-order valence-electron chi connectivity index (χ4n) is 7.93. The summed E-state index contributed by atoms with van der Waals surface area (Å²) < 4.78 is 15.3. The lowest BCUT2D eigenvalue weighted by molar-refractivity contribution is 0.667. The van der Waals surface area contributed by atoms with Crippen LogP contribution in [0.25, 0.3) is 110 Å². The lowest BCUT2D eigenvalue weighted by Crippen LogP contribution is -1.93. The third kappa shape index (κ3) is 3.99. The summed E-state index contributed by atoms with van der Waals surface area (Å²) in [7, 11) is 0. The fourth-order valence-corrected chi connectivity index (χ4v) is 7.93. The van der Waals surface area contributed by atoms with Crippen LogP contribution < -0.4 is 0 Å². The van der Waals surface area contributed by atoms with Gasteiger partial charge in [0.2, 0.25) is 0 Å². The lowest BCUT2D eigenvalue weighted by atomic mass is 9.96. The van der Waals surface area contributed by atoms with Crippen molar-refractivity contribution in [3.05, 3.63) is 163 Å². The van der Waals surface area contributed by atoms with Crippen molar-refractivity contribution in [2.24, 2.45) is 0 Å². The molecule has 236 valence electrons. The van der Waals surface area contributed by atoms with Crippen LogP contribution in [0.5, 0.6) is 0 Å². The van der Waals surface area contributed by atoms with Gasteiger partial charge in [0.1, 0.15) is 22.3 Å². The predicted molar refractivity (Wildman–Crippen MR) is 208 cm³/mol. The van der Waals surface area contributed by atoms with E-state index >= 15 is 0 Å². The Bertz CT molecular complexity index is 3270. The Labute approximate surface area is 291 Å². The molecule has 0 bridgehead atoms. The molecule has 4 heterocycles. The van der Waals surface area contributed by atoms with Crippen LogP contribution in [-0.4, -0.2) is 9.55 Å². The van der Waals surface area contributed by atoms with Crippen molar-refractivity contribution in [3.8, 4) is 28.1 Å². The van der Waals surface area contributed by atoms with Gasteiger partial charge < -0.3 is 13.4 Å². The highest BCUT2D eigenvalue weighted by Crippen LogP contribution is 2.45. The molecule has 5 nitrogen and oxygen atoms in total. The van der Waals surface area contributed by atoms with Gasteiger partial charge in [-0.1, -0.05) is 84.9 Å². The Hall–Kier alpha value is -7.16. The van der Waals surface area contributed by atoms with Gasteiger partial charge >= 0.3 is 0 Å². The van der Waals surface area contributed by atoms with E-state index in [1.54, 1.807) is 0 Å². The molecular formula is C46H25N3O2. The van der Waals surface area contributed by atoms with Crippen LogP contribution in [0, 0.1) is 6.57 Å². The lowest BCUT2D eigenvalue weighted by Gasteiger charge is -2.10. The van der Waals surface area contributed by atoms with Crippen LogP contribution in [0.1, 0.15) is 0 Å². The van der Waals surface area contributed by atoms with Crippen molar-refractivity contribution in [3.63, 3.8) is 0 Å². The minimum atomic E-state index is 0.626. The normalized spacial score (nSPS) is 11.9. The van der Waals surface area contributed by atoms with Gasteiger partial charge in [-0.2, -0.15) is 0 Å². The van der Waals surface area contributed by atoms with Crippen molar-refractivity contribution >= 4 is 82.3 Å². The molecule has 0 atom stereocenters. The highest BCUT2D eigenvalue weighted by Gasteiger charge is 2.22. The summed E-state index contributed by atoms with van der Waals surface area (Å²) >= 11 is 0. The summed E-state index contributed by atoms with van der Waals surface area (Å²) in [5.74, 6) is 0. The standard InChI is InChI=1S/C46H25N3O2/c1-47-30-19-22-38-35(26-30)34-25-28(18-21-37(34)49(38)31-12-3-2-4-13-31)27-10-9-11-29(24-27)45-43-33-15-6-8-17-40(33)51-46(43)44-36(48-45)20-23-41-42(44)32-14-5-7-16-39(32)50-41/h2-26H. The first kappa shape index (κ1) is 27.8. The van der Waals surface area contributed by atoms with E-state index in [9.17, 15) is 0 Å². The van der Waals surface area contributed by atoms with E-state index < -0.39 is 0 Å². The topological polar surface area (TPSA) is 48.5 Å². The molecule has 11 aromatic rings. The highest BCUT2D eigenvalue weighted by atomic mass is 16.3. The molecule has 5 heteroatoms. The second kappa shape index (κ2) is 10.4. The predicted octanol–water partition coefficient (Wildman–Crippen LogP) is 13.0. The molecule has 0 saturated heterocycles. The van der Waals surface area contributed by atoms with Crippen molar-refractivity contribution in [1.29, 1.82) is 0 Å². The Morgan fingerprint density at radius 3 is 2.00 bits per heavy atom. The molecule has 7 aromatic carbocycles. The third-order valence-electron chi connectivity index (χ3n) is 10.2. The number of pyridine rings is 1. The van der Waals surface area contributed by atoms with Crippen molar-refractivity contribution in [1.82, 2.24) is 9.55 Å². The molecule has 4 aromatic heterocycles. The van der Waals surface area contributed by atoms with E-state index in [0.717, 1.165) is 105 Å². The van der Waals surface area contributed by atoms with Crippen LogP contribution in [0.2, 0.25) is 0 Å². The maximum Gasteiger partial charge on any atom is 0.188 e. The smallest absolute Gasteiger partial charge is 0.188 e. The van der Waals surface area contributed by atoms with Crippen molar-refractivity contribution in [2.45, 2.75) is 0 Å². The molecule has 0 aliphatic carbocycles. The number of rotatable bonds is 3. The van der Waals surface area contributed by atoms with Gasteiger partial charge in [0.25, 0.3) is 0 Å². The number of hydrogen-bond donors (Lipinski definition) is 0. The summed E-state index contributed by atoms with van der Waals surface area (Å²) in [6.45, 7) is 7.69. The first-order valence-electron chi connectivity index (χ1n) is 16.9. The molecule has 51 heavy (non-hydrogen) atoms. The van der Waals surface area contributed by atoms with Crippen LogP contribution >= 0.6 is 0 Å². The number of para-hydroxylation sites is 3. The van der Waals surface area contributed by atoms with E-state index in [2.05, 4.69) is 100 Å². The van der Waals surface area contributed by atoms with Crippen LogP contribution in [0.15, 0.2) is 160 Å². The van der Waals surface area contributed by atoms with E-state index in [0.29, 0.717) is 5.69 Å². The van der Waals surface area contributed by atoms with Gasteiger partial charge in [0, 0.05) is 32.8 Å². The quantitative estimate of drug-likeness (QED) is 0.179. The SMILES string of the molecule is [C-]#[N+]c1ccc2c(c1)c1cc(-c3cccc(-c4nc5ccc6oc7ccccc7c6c5c5oc6ccccc6c45)c3)ccc1n2-c1ccccc1. The first-order chi connectivity index (χ1) is 25.2. The summed E-state index contributed by atoms with van der Waals surface area (Å²) in [6.07, 6.45) is 0. The number of benzene rings is 7. The summed E-state index contributed by atoms with van der Waals surface area (Å²) in [5.41, 5.74) is 12.1. The zero-order valence-electron chi connectivity index (χ0n) is 27.1. The van der Waals surface area contributed by atoms with E-state index in [-0.39, 0.29) is 0 Å². The molecule has 0 aliphatic heterocycles. The molecule has 0 unspecified atom stereocenters. The number of aromatic nitrogens is 2. The van der Waals surface area contributed by atoms with E-state index in [4.69, 9.17) is 20.4 Å². The Balaban J connectivity index is 1.15. The van der Waals surface area contributed by atoms with Crippen LogP contribution in [0.3, 0.4) is 0 Å². The van der Waals surface area contributed by atoms with Gasteiger partial charge in [0.05, 0.1) is 39.6 Å². The third-order valence-corrected chi connectivity index (χ3v) is 10.2. The zero-order chi connectivity index (χ0) is 33.6. The number of hydrogen-bond acceptors (Lipinski definition) is 3. The van der Waals surface area contributed by atoms with Gasteiger partial charge in [0.15, 0.2) is 5.69 Å². The van der Waals surface area contributed by atoms with Crippen LogP contribution in [-0.2, 0) is 0 Å². The second-order valence-electron chi connectivity index (χ2n) is 13.0. The van der Waals surface area contributed by atoms with E-state index in [1.165, 1.54) is 0 Å². The molecule has 11 rings (SSSR count). The van der Waals surface area contributed by atoms with Gasteiger partial charge in [-0.25, -0.2) is 9.83 Å². The number of nitrogens with zero attached hydrogens (tertiary/aromatic N) is 3. The molecule has 0 radical (unpaired) electrons. The average molecular weight is 652 g/mol. The summed E-state index contributed by atoms with van der Waals surface area (Å²) in [4.78, 5) is 9.13. The minimum absolute atomic E-state index is 0.626. The monoisotopic (exact) mass is 651 g/mol. The van der Waals surface area contributed by atoms with Gasteiger partial charge in [-0.05, 0) is 83.2 Å². The second-order valence-corrected chi connectivity index (χ2v) is 13.0. The Kier molecular flexibility index (Phi) is 5.67. The van der Waals surface area contributed by atoms with Crippen LogP contribution in [0.4, 0.5) is 5.69 Å². The fraction of sp³-hybridized carbons (Fsp3) is 0. The average Bonchev–Trinajstić information content (AvgIpc) is 3.87. The maximum atomic E-state index is 7.69. The molecule has 0 aliphatic rings. The Morgan fingerprint density at radius 1 is 0.490 bits per heavy atom. The first-order valence-corrected chi connectivity index (χ1v) is 16.9. The summed E-state index contributed by atoms with van der Waals surface area (Å²) in [5, 5.41) is 7.20. The molecule has 0 spiro atoms. The zero-order valence-corrected chi connectivity index (χ0v) is 27.1. The minimum Gasteiger partial charge on any atom is -0.456 e.